The van der Waals surface area contributed by atoms with Gasteiger partial charge in [-0.15, -0.1) is 0 Å². The van der Waals surface area contributed by atoms with Crippen molar-refractivity contribution in [1.82, 2.24) is 0 Å². The van der Waals surface area contributed by atoms with Crippen molar-refractivity contribution >= 4 is 0 Å². The molecule has 0 saturated carbocycles. The monoisotopic (exact) mass is 272 g/mol. The molecular weight excluding hydrogens is 262 g/mol. The summed E-state index contributed by atoms with van der Waals surface area (Å²) in [6, 6.07) is 19.4. The number of halogens is 2. The van der Waals surface area contributed by atoms with Crippen LogP contribution in [0, 0.1) is 0 Å². The third-order valence-electron chi connectivity index (χ3n) is 1.81. The van der Waals surface area contributed by atoms with Crippen molar-refractivity contribution in [3.63, 3.8) is 0 Å². The van der Waals surface area contributed by atoms with E-state index in [4.69, 9.17) is 6.64 Å². The van der Waals surface area contributed by atoms with E-state index in [9.17, 15) is 0 Å². The molecule has 0 spiro atoms. The van der Waals surface area contributed by atoms with Gasteiger partial charge in [0.25, 0.3) is 0 Å². The summed E-state index contributed by atoms with van der Waals surface area (Å²) in [6.07, 6.45) is 0. The minimum atomic E-state index is -0.864. The fourth-order valence-electron chi connectivity index (χ4n) is 1.09. The summed E-state index contributed by atoms with van der Waals surface area (Å²) in [6.45, 7) is 0. The molecule has 0 aliphatic carbocycles. The summed E-state index contributed by atoms with van der Waals surface area (Å²) >= 11 is -0.864. The van der Waals surface area contributed by atoms with Gasteiger partial charge in [0.2, 0.25) is 0 Å². The molecule has 0 heterocycles. The Hall–Kier alpha value is -1.39. The molecule has 2 nitrogen and oxygen atoms in total. The van der Waals surface area contributed by atoms with E-state index in [1.807, 2.05) is 60.7 Å². The van der Waals surface area contributed by atoms with Crippen LogP contribution in [0.1, 0.15) is 0 Å². The Kier molecular flexibility index (Phi) is 8.02. The van der Waals surface area contributed by atoms with Crippen LogP contribution in [0.25, 0.3) is 0 Å². The maximum absolute atomic E-state index is 5.51. The summed E-state index contributed by atoms with van der Waals surface area (Å²) < 4.78 is 11.0. The van der Waals surface area contributed by atoms with Gasteiger partial charge in [-0.1, -0.05) is 0 Å². The fraction of sp³-hybridized carbons (Fsp3) is 0. The first-order valence-corrected chi connectivity index (χ1v) is 5.91. The van der Waals surface area contributed by atoms with Crippen LogP contribution in [0.5, 0.6) is 11.5 Å². The number of para-hydroxylation sites is 2. The molecule has 2 rings (SSSR count). The van der Waals surface area contributed by atoms with Crippen molar-refractivity contribution < 1.29 is 36.0 Å². The summed E-state index contributed by atoms with van der Waals surface area (Å²) in [7, 11) is 0. The van der Waals surface area contributed by atoms with Gasteiger partial charge < -0.3 is 9.41 Å². The average Bonchev–Trinajstić information content (AvgIpc) is 2.32. The van der Waals surface area contributed by atoms with E-state index in [-0.39, 0.29) is 9.41 Å². The molecule has 0 saturated heterocycles. The van der Waals surface area contributed by atoms with Crippen LogP contribution >= 0.6 is 0 Å². The van der Waals surface area contributed by atoms with Crippen LogP contribution in [0.2, 0.25) is 0 Å². The second-order valence-corrected chi connectivity index (χ2v) is 3.81. The maximum atomic E-state index is 5.51. The van der Waals surface area contributed by atoms with Gasteiger partial charge in [-0.25, -0.2) is 0 Å². The van der Waals surface area contributed by atoms with Crippen LogP contribution in [0.4, 0.5) is 0 Å². The van der Waals surface area contributed by atoms with E-state index in [0.717, 1.165) is 11.5 Å². The van der Waals surface area contributed by atoms with Gasteiger partial charge in [-0.05, 0) is 0 Å². The molecule has 0 atom stereocenters. The summed E-state index contributed by atoms with van der Waals surface area (Å²) in [5.41, 5.74) is 0. The Morgan fingerprint density at radius 1 is 0.588 bits per heavy atom. The van der Waals surface area contributed by atoms with Crippen molar-refractivity contribution in [1.29, 1.82) is 0 Å². The summed E-state index contributed by atoms with van der Waals surface area (Å²) in [5, 5.41) is 0. The second-order valence-electron chi connectivity index (χ2n) is 2.91. The molecule has 0 aromatic heterocycles. The Morgan fingerprint density at radius 3 is 1.29 bits per heavy atom. The predicted octanol–water partition coefficient (Wildman–Crippen LogP) is -2.94. The molecule has 0 unspecified atom stereocenters. The van der Waals surface area contributed by atoms with E-state index < -0.39 is 19.9 Å². The van der Waals surface area contributed by atoms with Crippen molar-refractivity contribution in [2.45, 2.75) is 0 Å². The van der Waals surface area contributed by atoms with Crippen molar-refractivity contribution in [2.75, 3.05) is 0 Å². The van der Waals surface area contributed by atoms with Crippen LogP contribution in [-0.2, 0) is 19.9 Å². The number of benzene rings is 2. The molecule has 0 aliphatic rings. The Bertz CT molecular complexity index is 358. The van der Waals surface area contributed by atoms with Crippen LogP contribution in [0.3, 0.4) is 0 Å². The fourth-order valence-corrected chi connectivity index (χ4v) is 1.88. The van der Waals surface area contributed by atoms with E-state index in [1.54, 1.807) is 0 Å². The first-order valence-electron chi connectivity index (χ1n) is 4.64. The van der Waals surface area contributed by atoms with Crippen molar-refractivity contribution in [3.8, 4) is 11.5 Å². The minimum absolute atomic E-state index is 0. The molecular formula is C12H10F2O2Ti. The van der Waals surface area contributed by atoms with Crippen LogP contribution < -0.4 is 16.0 Å². The van der Waals surface area contributed by atoms with Gasteiger partial charge >= 0.3 is 98.7 Å². The first-order chi connectivity index (χ1) is 7.45. The quantitative estimate of drug-likeness (QED) is 0.555. The van der Waals surface area contributed by atoms with Gasteiger partial charge in [0, 0.05) is 0 Å². The molecule has 0 amide bonds. The summed E-state index contributed by atoms with van der Waals surface area (Å²) in [4.78, 5) is 0. The normalized spacial score (nSPS) is 8.00. The van der Waals surface area contributed by atoms with Crippen LogP contribution in [0.15, 0.2) is 60.7 Å². The van der Waals surface area contributed by atoms with E-state index in [1.165, 1.54) is 0 Å². The van der Waals surface area contributed by atoms with Gasteiger partial charge in [0.15, 0.2) is 0 Å². The number of hydrogen-bond acceptors (Lipinski definition) is 2. The number of hydrogen-bond donors (Lipinski definition) is 0. The molecule has 2 aromatic carbocycles. The van der Waals surface area contributed by atoms with Gasteiger partial charge in [0.05, 0.1) is 0 Å². The van der Waals surface area contributed by atoms with E-state index in [0.29, 0.717) is 0 Å². The van der Waals surface area contributed by atoms with Gasteiger partial charge in [-0.2, -0.15) is 0 Å². The average molecular weight is 272 g/mol. The SMILES string of the molecule is [F-].[F-].c1ccc([O][Ti+2][O]c2ccccc2)cc1. The van der Waals surface area contributed by atoms with E-state index >= 15 is 0 Å². The zero-order chi connectivity index (χ0) is 10.3. The zero-order valence-corrected chi connectivity index (χ0v) is 10.4. The third kappa shape index (κ3) is 5.47. The molecule has 5 heteroatoms. The van der Waals surface area contributed by atoms with E-state index in [2.05, 4.69) is 0 Å². The molecule has 0 radical (unpaired) electrons. The first kappa shape index (κ1) is 15.6. The van der Waals surface area contributed by atoms with Gasteiger partial charge in [-0.3, -0.25) is 0 Å². The second kappa shape index (κ2) is 8.73. The van der Waals surface area contributed by atoms with Crippen molar-refractivity contribution in [2.24, 2.45) is 0 Å². The molecule has 88 valence electrons. The Labute approximate surface area is 108 Å². The Morgan fingerprint density at radius 2 is 0.941 bits per heavy atom. The Balaban J connectivity index is 0.00000128. The number of rotatable bonds is 4. The molecule has 0 bridgehead atoms. The molecule has 2 aromatic rings. The van der Waals surface area contributed by atoms with Gasteiger partial charge in [0.1, 0.15) is 0 Å². The standard InChI is InChI=1S/2C6H6O.2FH.Ti/c2*7-6-4-2-1-3-5-6;;;/h2*1-5,7H;2*1H;/q;;;;+4/p-4. The molecule has 0 aliphatic heterocycles. The molecule has 0 fully saturated rings. The van der Waals surface area contributed by atoms with Crippen LogP contribution in [-0.4, -0.2) is 0 Å². The predicted molar refractivity (Wildman–Crippen MR) is 54.1 cm³/mol. The molecule has 0 N–H and O–H groups in total. The third-order valence-corrected chi connectivity index (χ3v) is 2.80. The molecule has 17 heavy (non-hydrogen) atoms. The topological polar surface area (TPSA) is 18.5 Å². The zero-order valence-electron chi connectivity index (χ0n) is 8.85. The summed E-state index contributed by atoms with van der Waals surface area (Å²) in [5.74, 6) is 1.74. The van der Waals surface area contributed by atoms with Crippen molar-refractivity contribution in [3.05, 3.63) is 60.7 Å².